The molecule has 0 aliphatic carbocycles. The second kappa shape index (κ2) is 11.4. The van der Waals surface area contributed by atoms with Gasteiger partial charge >= 0.3 is 17.1 Å². The molecule has 11 N–H and O–H groups in total. The maximum absolute atomic E-state index is 13.1. The van der Waals surface area contributed by atoms with Gasteiger partial charge in [-0.15, -0.1) is 27.8 Å². The lowest BCUT2D eigenvalue weighted by molar-refractivity contribution is -0.667. The van der Waals surface area contributed by atoms with E-state index in [0.29, 0.717) is 5.57 Å². The minimum Gasteiger partial charge on any atom is -0.478 e. The predicted molar refractivity (Wildman–Crippen MR) is 145 cm³/mol. The summed E-state index contributed by atoms with van der Waals surface area (Å²) in [6.07, 6.45) is -1.37. The number of hydrogen-bond donors (Lipinski definition) is 7. The summed E-state index contributed by atoms with van der Waals surface area (Å²) in [6.45, 7) is 1.21. The average molecular weight is 612 g/mol. The van der Waals surface area contributed by atoms with Crippen LogP contribution in [0.1, 0.15) is 12.6 Å². The van der Waals surface area contributed by atoms with Gasteiger partial charge in [-0.3, -0.25) is 20.3 Å². The number of amides is 2. The van der Waals surface area contributed by atoms with Gasteiger partial charge in [0.05, 0.1) is 6.07 Å². The monoisotopic (exact) mass is 611 g/mol. The fraction of sp³-hybridized carbons (Fsp3) is 0.300. The first-order valence-electron chi connectivity index (χ1n) is 11.1. The molecule has 17 nitrogen and oxygen atoms in total. The number of carbonyl (C=O) groups is 4. The van der Waals surface area contributed by atoms with Gasteiger partial charge in [-0.2, -0.15) is 0 Å². The van der Waals surface area contributed by atoms with Crippen LogP contribution >= 0.6 is 34.9 Å². The molecule has 0 aromatic carbocycles. The number of thiazole rings is 1. The molecule has 212 valence electrons. The van der Waals surface area contributed by atoms with Crippen molar-refractivity contribution < 1.29 is 38.9 Å². The van der Waals surface area contributed by atoms with Gasteiger partial charge in [0.25, 0.3) is 11.8 Å². The zero-order valence-corrected chi connectivity index (χ0v) is 23.0. The molecule has 1 fully saturated rings. The third-order valence-electron chi connectivity index (χ3n) is 5.55. The Morgan fingerprint density at radius 2 is 2.05 bits per heavy atom. The summed E-state index contributed by atoms with van der Waals surface area (Å²) >= 11 is 3.35. The number of oxime groups is 1. The second-order valence-corrected chi connectivity index (χ2v) is 11.2. The van der Waals surface area contributed by atoms with Crippen molar-refractivity contribution in [2.24, 2.45) is 5.16 Å². The van der Waals surface area contributed by atoms with Gasteiger partial charge in [0.1, 0.15) is 22.8 Å². The van der Waals surface area contributed by atoms with Crippen molar-refractivity contribution in [3.05, 3.63) is 28.4 Å². The molecule has 4 rings (SSSR count). The minimum atomic E-state index is -1.37. The quantitative estimate of drug-likeness (QED) is 0.0291. The fourth-order valence-corrected chi connectivity index (χ4v) is 6.54. The maximum atomic E-state index is 13.1. The van der Waals surface area contributed by atoms with Gasteiger partial charge in [0.15, 0.2) is 10.8 Å². The van der Waals surface area contributed by atoms with E-state index in [1.54, 1.807) is 0 Å². The number of nitrogens with two attached hydrogens (primary N) is 4. The Hall–Kier alpha value is -4.30. The molecular formula is C20H23N10O7S3+. The summed E-state index contributed by atoms with van der Waals surface area (Å²) in [5.74, 6) is 2.32. The summed E-state index contributed by atoms with van der Waals surface area (Å²) in [4.78, 5) is 63.5. The van der Waals surface area contributed by atoms with Crippen molar-refractivity contribution in [1.82, 2.24) is 20.2 Å². The topological polar surface area (TPSA) is 279 Å². The molecule has 0 bridgehead atoms. The van der Waals surface area contributed by atoms with Crippen molar-refractivity contribution in [3.63, 3.8) is 0 Å². The molecule has 0 radical (unpaired) electrons. The number of aliphatic carboxylic acids is 2. The van der Waals surface area contributed by atoms with Crippen molar-refractivity contribution in [2.45, 2.75) is 29.6 Å². The molecule has 2 amide bonds. The minimum absolute atomic E-state index is 0.0101. The number of nitrogens with one attached hydrogen (secondary N) is 1. The number of nitrogen functional groups attached to an aromatic ring is 4. The Kier molecular flexibility index (Phi) is 8.21. The number of rotatable bonds is 10. The van der Waals surface area contributed by atoms with Crippen LogP contribution in [0.4, 0.5) is 16.8 Å². The van der Waals surface area contributed by atoms with Gasteiger partial charge in [0, 0.05) is 16.9 Å². The van der Waals surface area contributed by atoms with Crippen LogP contribution in [0.15, 0.2) is 33.0 Å². The number of carboxylic acids is 2. The maximum Gasteiger partial charge on any atom is 0.352 e. The molecule has 2 unspecified atom stereocenters. The van der Waals surface area contributed by atoms with Crippen molar-refractivity contribution >= 4 is 81.1 Å². The van der Waals surface area contributed by atoms with E-state index in [-0.39, 0.29) is 44.8 Å². The van der Waals surface area contributed by atoms with Crippen LogP contribution in [0.3, 0.4) is 0 Å². The number of fused-ring (bicyclic) bond motifs is 1. The van der Waals surface area contributed by atoms with Crippen molar-refractivity contribution in [1.29, 1.82) is 0 Å². The largest absolute Gasteiger partial charge is 0.478 e. The van der Waals surface area contributed by atoms with Crippen molar-refractivity contribution in [3.8, 4) is 0 Å². The van der Waals surface area contributed by atoms with Gasteiger partial charge in [0.2, 0.25) is 17.7 Å². The Balaban J connectivity index is 1.52. The van der Waals surface area contributed by atoms with Crippen LogP contribution in [0, 0.1) is 0 Å². The summed E-state index contributed by atoms with van der Waals surface area (Å²) in [5, 5.41) is 26.2. The molecule has 40 heavy (non-hydrogen) atoms. The lowest BCUT2D eigenvalue weighted by Gasteiger charge is -2.49. The van der Waals surface area contributed by atoms with E-state index in [1.807, 2.05) is 0 Å². The molecule has 2 aromatic heterocycles. The highest BCUT2D eigenvalue weighted by molar-refractivity contribution is 8.01. The SMILES string of the molecule is C[C@H](O/N=C(\C(=O)NC1C(=O)N2C(C(=O)O)=C(CSc3nc(N)cc(N)[n+]3N)CSC12)c1csc(N)n1)C(=O)O. The standard InChI is InChI=1S/C20H22N10O7S3/c1-6(17(33)34)37-28-11(8-5-39-19(23)25-8)14(31)27-12-15(32)29-13(18(35)36)7(3-38-16(12)29)4-40-20-26-9(21)2-10(22)30(20)24/h2,5-6,12,16H,3-4,24H2,1H3,(H8,21,22,23,25,27,31,33,34,35,36)/p+1/b28-11-/t6-,12?,16?/m0/s1. The number of carboxylic acid groups (broad SMARTS) is 2. The molecule has 3 atom stereocenters. The summed E-state index contributed by atoms with van der Waals surface area (Å²) in [7, 11) is 0. The van der Waals surface area contributed by atoms with Crippen LogP contribution < -0.4 is 33.0 Å². The Morgan fingerprint density at radius 1 is 1.32 bits per heavy atom. The van der Waals surface area contributed by atoms with E-state index in [2.05, 4.69) is 20.4 Å². The molecule has 0 spiro atoms. The van der Waals surface area contributed by atoms with E-state index < -0.39 is 47.0 Å². The fourth-order valence-electron chi connectivity index (χ4n) is 3.56. The lowest BCUT2D eigenvalue weighted by atomic mass is 10.0. The van der Waals surface area contributed by atoms with E-state index in [1.165, 1.54) is 30.1 Å². The van der Waals surface area contributed by atoms with Gasteiger partial charge in [-0.25, -0.2) is 14.6 Å². The van der Waals surface area contributed by atoms with Crippen LogP contribution in [0.2, 0.25) is 0 Å². The van der Waals surface area contributed by atoms with E-state index in [4.69, 9.17) is 33.0 Å². The number of aromatic nitrogens is 3. The van der Waals surface area contributed by atoms with Crippen LogP contribution in [0.25, 0.3) is 0 Å². The van der Waals surface area contributed by atoms with E-state index >= 15 is 0 Å². The summed E-state index contributed by atoms with van der Waals surface area (Å²) < 4.78 is 1.11. The number of hydrogen-bond acceptors (Lipinski definition) is 15. The second-order valence-electron chi connectivity index (χ2n) is 8.26. The number of nitrogens with zero attached hydrogens (tertiary/aromatic N) is 5. The van der Waals surface area contributed by atoms with Crippen molar-refractivity contribution in [2.75, 3.05) is 34.5 Å². The van der Waals surface area contributed by atoms with Crippen LogP contribution in [-0.4, -0.2) is 83.6 Å². The molecule has 0 saturated carbocycles. The zero-order chi connectivity index (χ0) is 29.3. The van der Waals surface area contributed by atoms with Crippen LogP contribution in [-0.2, 0) is 24.0 Å². The van der Waals surface area contributed by atoms with Crippen LogP contribution in [0.5, 0.6) is 0 Å². The first-order valence-corrected chi connectivity index (χ1v) is 14.0. The third kappa shape index (κ3) is 5.67. The lowest BCUT2D eigenvalue weighted by Crippen LogP contribution is -2.71. The predicted octanol–water partition coefficient (Wildman–Crippen LogP) is -1.99. The van der Waals surface area contributed by atoms with Gasteiger partial charge in [-0.05, 0) is 24.3 Å². The molecule has 2 aromatic rings. The number of anilines is 3. The molecular weight excluding hydrogens is 588 g/mol. The van der Waals surface area contributed by atoms with Gasteiger partial charge < -0.3 is 37.6 Å². The van der Waals surface area contributed by atoms with Gasteiger partial charge in [-0.1, -0.05) is 10.1 Å². The molecule has 1 saturated heterocycles. The Bertz CT molecular complexity index is 1460. The average Bonchev–Trinajstić information content (AvgIpc) is 3.33. The molecule has 20 heteroatoms. The highest BCUT2D eigenvalue weighted by Crippen LogP contribution is 2.41. The highest BCUT2D eigenvalue weighted by atomic mass is 32.2. The summed E-state index contributed by atoms with van der Waals surface area (Å²) in [6, 6.07) is 0.277. The summed E-state index contributed by atoms with van der Waals surface area (Å²) in [5.41, 5.74) is 17.0. The first-order chi connectivity index (χ1) is 18.9. The molecule has 4 heterocycles. The Morgan fingerprint density at radius 3 is 2.67 bits per heavy atom. The molecule has 2 aliphatic rings. The smallest absolute Gasteiger partial charge is 0.352 e. The zero-order valence-electron chi connectivity index (χ0n) is 20.5. The first kappa shape index (κ1) is 28.7. The van der Waals surface area contributed by atoms with E-state index in [9.17, 15) is 24.3 Å². The van der Waals surface area contributed by atoms with E-state index in [0.717, 1.165) is 32.7 Å². The molecule has 2 aliphatic heterocycles. The normalized spacial score (nSPS) is 19.5. The number of β-lactam (4-membered cyclic amide) rings is 1. The number of carbonyl (C=O) groups excluding carboxylic acids is 2. The Labute approximate surface area is 237 Å². The third-order valence-corrected chi connectivity index (χ3v) is 8.60. The number of thioether (sulfide) groups is 2. The highest BCUT2D eigenvalue weighted by Gasteiger charge is 2.54.